The van der Waals surface area contributed by atoms with E-state index in [9.17, 15) is 0 Å². The fourth-order valence-electron chi connectivity index (χ4n) is 1.34. The van der Waals surface area contributed by atoms with Crippen LogP contribution in [-0.4, -0.2) is 11.7 Å². The molecule has 0 radical (unpaired) electrons. The summed E-state index contributed by atoms with van der Waals surface area (Å²) < 4.78 is 0. The van der Waals surface area contributed by atoms with Crippen molar-refractivity contribution in [3.05, 3.63) is 11.6 Å². The Balaban J connectivity index is 2.44. The first-order chi connectivity index (χ1) is 5.24. The van der Waals surface area contributed by atoms with Crippen LogP contribution >= 0.6 is 0 Å². The van der Waals surface area contributed by atoms with Crippen LogP contribution in [-0.2, 0) is 0 Å². The molecule has 1 nitrogen and oxygen atoms in total. The molecule has 0 aromatic carbocycles. The zero-order valence-electron chi connectivity index (χ0n) is 7.51. The summed E-state index contributed by atoms with van der Waals surface area (Å²) in [6, 6.07) is 0. The molecule has 1 aliphatic carbocycles. The average Bonchev–Trinajstić information content (AvgIpc) is 1.85. The Morgan fingerprint density at radius 1 is 1.55 bits per heavy atom. The fourth-order valence-corrected chi connectivity index (χ4v) is 1.34. The highest BCUT2D eigenvalue weighted by Crippen LogP contribution is 2.29. The van der Waals surface area contributed by atoms with Crippen molar-refractivity contribution in [1.82, 2.24) is 0 Å². The molecule has 0 amide bonds. The van der Waals surface area contributed by atoms with Gasteiger partial charge in [-0.25, -0.2) is 0 Å². The minimum atomic E-state index is 0.244. The third-order valence-electron chi connectivity index (χ3n) is 2.52. The van der Waals surface area contributed by atoms with Gasteiger partial charge in [0.1, 0.15) is 0 Å². The van der Waals surface area contributed by atoms with Gasteiger partial charge in [-0.2, -0.15) is 0 Å². The number of aliphatic hydroxyl groups excluding tert-OH is 1. The molecular weight excluding hydrogens is 136 g/mol. The van der Waals surface area contributed by atoms with Crippen LogP contribution in [0.25, 0.3) is 0 Å². The maximum absolute atomic E-state index is 9.00. The van der Waals surface area contributed by atoms with Crippen LogP contribution in [0, 0.1) is 11.8 Å². The Kier molecular flexibility index (Phi) is 3.13. The van der Waals surface area contributed by atoms with Gasteiger partial charge in [-0.05, 0) is 30.3 Å². The zero-order chi connectivity index (χ0) is 8.27. The quantitative estimate of drug-likeness (QED) is 0.619. The van der Waals surface area contributed by atoms with Gasteiger partial charge in [0.05, 0.1) is 6.61 Å². The summed E-state index contributed by atoms with van der Waals surface area (Å²) >= 11 is 0. The normalized spacial score (nSPS) is 20.5. The van der Waals surface area contributed by atoms with Crippen LogP contribution in [0.1, 0.15) is 33.1 Å². The van der Waals surface area contributed by atoms with Gasteiger partial charge in [0.15, 0.2) is 0 Å². The molecule has 11 heavy (non-hydrogen) atoms. The summed E-state index contributed by atoms with van der Waals surface area (Å²) in [5.74, 6) is 1.29. The van der Waals surface area contributed by atoms with E-state index in [1.54, 1.807) is 0 Å². The van der Waals surface area contributed by atoms with Crippen LogP contribution in [0.4, 0.5) is 0 Å². The fraction of sp³-hybridized carbons (Fsp3) is 0.800. The number of aliphatic hydroxyl groups is 1. The van der Waals surface area contributed by atoms with E-state index < -0.39 is 0 Å². The standard InChI is InChI=1S/C10H18O/c1-8(2)10(7-11)6-9-4-3-5-9/h6,8-9,11H,3-5,7H2,1-2H3. The van der Waals surface area contributed by atoms with Crippen molar-refractivity contribution in [3.8, 4) is 0 Å². The van der Waals surface area contributed by atoms with Crippen molar-refractivity contribution in [2.45, 2.75) is 33.1 Å². The van der Waals surface area contributed by atoms with Gasteiger partial charge in [-0.3, -0.25) is 0 Å². The largest absolute Gasteiger partial charge is 0.392 e. The van der Waals surface area contributed by atoms with Gasteiger partial charge < -0.3 is 5.11 Å². The van der Waals surface area contributed by atoms with Crippen LogP contribution < -0.4 is 0 Å². The van der Waals surface area contributed by atoms with Gasteiger partial charge >= 0.3 is 0 Å². The van der Waals surface area contributed by atoms with Crippen molar-refractivity contribution in [3.63, 3.8) is 0 Å². The Morgan fingerprint density at radius 3 is 2.45 bits per heavy atom. The highest BCUT2D eigenvalue weighted by Gasteiger charge is 2.15. The van der Waals surface area contributed by atoms with E-state index in [0.29, 0.717) is 5.92 Å². The zero-order valence-corrected chi connectivity index (χ0v) is 7.51. The molecule has 0 aromatic rings. The monoisotopic (exact) mass is 154 g/mol. The summed E-state index contributed by atoms with van der Waals surface area (Å²) in [6.45, 7) is 4.52. The summed E-state index contributed by atoms with van der Waals surface area (Å²) in [7, 11) is 0. The van der Waals surface area contributed by atoms with E-state index in [4.69, 9.17) is 5.11 Å². The predicted molar refractivity (Wildman–Crippen MR) is 47.3 cm³/mol. The molecule has 0 saturated heterocycles. The molecule has 1 aliphatic rings. The van der Waals surface area contributed by atoms with E-state index >= 15 is 0 Å². The topological polar surface area (TPSA) is 20.2 Å². The van der Waals surface area contributed by atoms with Crippen LogP contribution in [0.3, 0.4) is 0 Å². The van der Waals surface area contributed by atoms with Crippen molar-refractivity contribution in [2.75, 3.05) is 6.61 Å². The molecule has 0 aliphatic heterocycles. The van der Waals surface area contributed by atoms with Crippen molar-refractivity contribution >= 4 is 0 Å². The minimum absolute atomic E-state index is 0.244. The molecule has 1 heteroatoms. The lowest BCUT2D eigenvalue weighted by atomic mass is 9.83. The van der Waals surface area contributed by atoms with E-state index in [-0.39, 0.29) is 6.61 Å². The third kappa shape index (κ3) is 2.33. The number of rotatable bonds is 3. The second kappa shape index (κ2) is 3.91. The third-order valence-corrected chi connectivity index (χ3v) is 2.52. The second-order valence-corrected chi connectivity index (χ2v) is 3.75. The first kappa shape index (κ1) is 8.79. The average molecular weight is 154 g/mol. The molecule has 0 bridgehead atoms. The first-order valence-electron chi connectivity index (χ1n) is 4.55. The van der Waals surface area contributed by atoms with E-state index in [2.05, 4.69) is 19.9 Å². The molecule has 1 fully saturated rings. The Bertz CT molecular complexity index is 143. The van der Waals surface area contributed by atoms with Crippen molar-refractivity contribution in [2.24, 2.45) is 11.8 Å². The number of allylic oxidation sites excluding steroid dienone is 1. The number of hydrogen-bond donors (Lipinski definition) is 1. The van der Waals surface area contributed by atoms with Crippen LogP contribution in [0.15, 0.2) is 11.6 Å². The molecule has 1 rings (SSSR count). The highest BCUT2D eigenvalue weighted by molar-refractivity contribution is 5.08. The van der Waals surface area contributed by atoms with Gasteiger partial charge in [-0.1, -0.05) is 26.3 Å². The minimum Gasteiger partial charge on any atom is -0.392 e. The Hall–Kier alpha value is -0.300. The maximum atomic E-state index is 9.00. The number of hydrogen-bond acceptors (Lipinski definition) is 1. The molecule has 0 unspecified atom stereocenters. The molecule has 0 spiro atoms. The highest BCUT2D eigenvalue weighted by atomic mass is 16.3. The van der Waals surface area contributed by atoms with Gasteiger partial charge in [-0.15, -0.1) is 0 Å². The molecule has 1 saturated carbocycles. The molecule has 0 atom stereocenters. The maximum Gasteiger partial charge on any atom is 0.0644 e. The van der Waals surface area contributed by atoms with E-state index in [1.165, 1.54) is 24.8 Å². The molecule has 64 valence electrons. The predicted octanol–water partition coefficient (Wildman–Crippen LogP) is 2.36. The van der Waals surface area contributed by atoms with Gasteiger partial charge in [0.2, 0.25) is 0 Å². The second-order valence-electron chi connectivity index (χ2n) is 3.75. The smallest absolute Gasteiger partial charge is 0.0644 e. The van der Waals surface area contributed by atoms with Gasteiger partial charge in [0, 0.05) is 0 Å². The summed E-state index contributed by atoms with van der Waals surface area (Å²) in [5, 5.41) is 9.00. The van der Waals surface area contributed by atoms with Crippen molar-refractivity contribution in [1.29, 1.82) is 0 Å². The Morgan fingerprint density at radius 2 is 2.18 bits per heavy atom. The molecular formula is C10H18O. The SMILES string of the molecule is CC(C)C(=CC1CCC1)CO. The van der Waals surface area contributed by atoms with E-state index in [1.807, 2.05) is 0 Å². The van der Waals surface area contributed by atoms with Crippen LogP contribution in [0.5, 0.6) is 0 Å². The van der Waals surface area contributed by atoms with Gasteiger partial charge in [0.25, 0.3) is 0 Å². The first-order valence-corrected chi connectivity index (χ1v) is 4.55. The van der Waals surface area contributed by atoms with Crippen molar-refractivity contribution < 1.29 is 5.11 Å². The lowest BCUT2D eigenvalue weighted by Crippen LogP contribution is -2.11. The summed E-state index contributed by atoms with van der Waals surface area (Å²) in [5.41, 5.74) is 1.22. The lowest BCUT2D eigenvalue weighted by molar-refractivity contribution is 0.311. The van der Waals surface area contributed by atoms with Crippen LogP contribution in [0.2, 0.25) is 0 Å². The van der Waals surface area contributed by atoms with E-state index in [0.717, 1.165) is 5.92 Å². The lowest BCUT2D eigenvalue weighted by Gasteiger charge is -2.23. The summed E-state index contributed by atoms with van der Waals surface area (Å²) in [4.78, 5) is 0. The molecule has 0 aromatic heterocycles. The Labute approximate surface area is 69.1 Å². The summed E-state index contributed by atoms with van der Waals surface area (Å²) in [6.07, 6.45) is 6.30. The molecule has 0 heterocycles. The molecule has 1 N–H and O–H groups in total.